The lowest BCUT2D eigenvalue weighted by molar-refractivity contribution is -0.141. The number of hydrogen-bond acceptors (Lipinski definition) is 7. The molecule has 3 aromatic carbocycles. The SMILES string of the molecule is CC(=O)c1ccc(NC(=O)O[C@@H](c2ccc(O)c3ccccc23)C(C)(C)CCOC(=O)CS)cc1. The van der Waals surface area contributed by atoms with Crippen LogP contribution in [0.3, 0.4) is 0 Å². The van der Waals surface area contributed by atoms with Gasteiger partial charge in [0.25, 0.3) is 0 Å². The van der Waals surface area contributed by atoms with Gasteiger partial charge in [0.1, 0.15) is 11.9 Å². The first-order valence-corrected chi connectivity index (χ1v) is 11.8. The summed E-state index contributed by atoms with van der Waals surface area (Å²) in [5.41, 5.74) is 1.09. The van der Waals surface area contributed by atoms with Crippen LogP contribution in [0.1, 0.15) is 49.2 Å². The van der Waals surface area contributed by atoms with Crippen LogP contribution in [0.15, 0.2) is 60.7 Å². The highest BCUT2D eigenvalue weighted by molar-refractivity contribution is 7.81. The van der Waals surface area contributed by atoms with Crippen LogP contribution in [0.25, 0.3) is 10.8 Å². The summed E-state index contributed by atoms with van der Waals surface area (Å²) in [7, 11) is 0. The van der Waals surface area contributed by atoms with Crippen molar-refractivity contribution in [3.63, 3.8) is 0 Å². The van der Waals surface area contributed by atoms with Crippen LogP contribution in [0.2, 0.25) is 0 Å². The standard InChI is InChI=1S/C27H29NO6S/c1-17(29)18-8-10-19(11-9-18)28-26(32)34-25(27(2,3)14-15-33-24(31)16-35)22-12-13-23(30)21-7-5-4-6-20(21)22/h4-13,25,30,35H,14-16H2,1-3H3,(H,28,32)/t25-/m0/s1. The number of rotatable bonds is 9. The number of phenolic OH excluding ortho intramolecular Hbond substituents is 1. The highest BCUT2D eigenvalue weighted by Gasteiger charge is 2.36. The molecule has 0 aliphatic heterocycles. The minimum absolute atomic E-state index is 0.0201. The van der Waals surface area contributed by atoms with Crippen LogP contribution in [0, 0.1) is 5.41 Å². The maximum Gasteiger partial charge on any atom is 0.412 e. The van der Waals surface area contributed by atoms with Gasteiger partial charge in [-0.25, -0.2) is 4.79 Å². The van der Waals surface area contributed by atoms with E-state index in [1.165, 1.54) is 6.92 Å². The number of amides is 1. The van der Waals surface area contributed by atoms with Gasteiger partial charge in [0.05, 0.1) is 12.4 Å². The number of esters is 1. The number of hydrogen-bond donors (Lipinski definition) is 3. The van der Waals surface area contributed by atoms with Gasteiger partial charge in [0.15, 0.2) is 5.78 Å². The smallest absolute Gasteiger partial charge is 0.412 e. The molecule has 1 amide bonds. The molecule has 0 bridgehead atoms. The van der Waals surface area contributed by atoms with E-state index in [1.54, 1.807) is 42.5 Å². The van der Waals surface area contributed by atoms with Crippen molar-refractivity contribution in [3.8, 4) is 5.75 Å². The number of ketones is 1. The summed E-state index contributed by atoms with van der Waals surface area (Å²) in [6.45, 7) is 5.45. The summed E-state index contributed by atoms with van der Waals surface area (Å²) < 4.78 is 11.2. The molecule has 0 saturated carbocycles. The lowest BCUT2D eigenvalue weighted by atomic mass is 9.78. The van der Waals surface area contributed by atoms with Gasteiger partial charge in [-0.15, -0.1) is 0 Å². The number of benzene rings is 3. The molecule has 184 valence electrons. The minimum Gasteiger partial charge on any atom is -0.507 e. The van der Waals surface area contributed by atoms with Gasteiger partial charge in [-0.3, -0.25) is 14.9 Å². The molecule has 0 aliphatic carbocycles. The first-order valence-electron chi connectivity index (χ1n) is 11.2. The van der Waals surface area contributed by atoms with Crippen molar-refractivity contribution in [1.29, 1.82) is 0 Å². The Balaban J connectivity index is 1.91. The van der Waals surface area contributed by atoms with Crippen LogP contribution in [0.5, 0.6) is 5.75 Å². The highest BCUT2D eigenvalue weighted by atomic mass is 32.1. The summed E-state index contributed by atoms with van der Waals surface area (Å²) in [4.78, 5) is 36.0. The van der Waals surface area contributed by atoms with Gasteiger partial charge >= 0.3 is 12.1 Å². The molecule has 3 rings (SSSR count). The number of carbonyl (C=O) groups is 3. The van der Waals surface area contributed by atoms with Crippen LogP contribution < -0.4 is 5.32 Å². The molecule has 0 aliphatic rings. The first kappa shape index (κ1) is 26.1. The van der Waals surface area contributed by atoms with Gasteiger partial charge in [0, 0.05) is 27.6 Å². The van der Waals surface area contributed by atoms with Crippen molar-refractivity contribution in [2.24, 2.45) is 5.41 Å². The van der Waals surface area contributed by atoms with Crippen LogP contribution in [0.4, 0.5) is 10.5 Å². The fraction of sp³-hybridized carbons (Fsp3) is 0.296. The first-order chi connectivity index (χ1) is 16.6. The monoisotopic (exact) mass is 495 g/mol. The van der Waals surface area contributed by atoms with Crippen molar-refractivity contribution in [3.05, 3.63) is 71.8 Å². The number of Topliss-reactive ketones (excluding diaryl/α,β-unsaturated/α-hetero) is 1. The third kappa shape index (κ3) is 6.54. The zero-order valence-corrected chi connectivity index (χ0v) is 20.8. The Hall–Kier alpha value is -3.52. The summed E-state index contributed by atoms with van der Waals surface area (Å²) in [6, 6.07) is 17.1. The number of anilines is 1. The fourth-order valence-corrected chi connectivity index (χ4v) is 3.92. The minimum atomic E-state index is -0.737. The molecule has 0 unspecified atom stereocenters. The van der Waals surface area contributed by atoms with E-state index in [0.29, 0.717) is 28.6 Å². The number of aromatic hydroxyl groups is 1. The number of thiol groups is 1. The summed E-state index contributed by atoms with van der Waals surface area (Å²) in [5.74, 6) is -0.394. The van der Waals surface area contributed by atoms with E-state index in [9.17, 15) is 19.5 Å². The lowest BCUT2D eigenvalue weighted by Gasteiger charge is -2.34. The maximum absolute atomic E-state index is 12.9. The Morgan fingerprint density at radius 3 is 2.29 bits per heavy atom. The molecule has 0 fully saturated rings. The highest BCUT2D eigenvalue weighted by Crippen LogP contribution is 2.43. The van der Waals surface area contributed by atoms with Crippen molar-refractivity contribution in [1.82, 2.24) is 0 Å². The van der Waals surface area contributed by atoms with Gasteiger partial charge in [-0.2, -0.15) is 12.6 Å². The van der Waals surface area contributed by atoms with Crippen molar-refractivity contribution < 1.29 is 29.0 Å². The van der Waals surface area contributed by atoms with Crippen LogP contribution in [-0.2, 0) is 14.3 Å². The molecule has 35 heavy (non-hydrogen) atoms. The zero-order valence-electron chi connectivity index (χ0n) is 19.9. The second-order valence-corrected chi connectivity index (χ2v) is 9.20. The zero-order chi connectivity index (χ0) is 25.6. The Morgan fingerprint density at radius 1 is 1.00 bits per heavy atom. The van der Waals surface area contributed by atoms with E-state index in [-0.39, 0.29) is 23.9 Å². The van der Waals surface area contributed by atoms with Crippen molar-refractivity contribution >= 4 is 46.9 Å². The van der Waals surface area contributed by atoms with E-state index in [2.05, 4.69) is 17.9 Å². The molecule has 3 aromatic rings. The van der Waals surface area contributed by atoms with E-state index in [0.717, 1.165) is 5.39 Å². The van der Waals surface area contributed by atoms with Gasteiger partial charge in [-0.05, 0) is 49.1 Å². The fourth-order valence-electron chi connectivity index (χ4n) is 3.83. The number of fused-ring (bicyclic) bond motifs is 1. The summed E-state index contributed by atoms with van der Waals surface area (Å²) in [6.07, 6.45) is -1.00. The van der Waals surface area contributed by atoms with E-state index < -0.39 is 23.6 Å². The average molecular weight is 496 g/mol. The maximum atomic E-state index is 12.9. The average Bonchev–Trinajstić information content (AvgIpc) is 2.83. The third-order valence-electron chi connectivity index (χ3n) is 5.83. The van der Waals surface area contributed by atoms with Crippen LogP contribution in [-0.4, -0.2) is 35.3 Å². The Morgan fingerprint density at radius 2 is 1.66 bits per heavy atom. The van der Waals surface area contributed by atoms with Gasteiger partial charge in [-0.1, -0.05) is 44.2 Å². The Labute approximate surface area is 209 Å². The van der Waals surface area contributed by atoms with Crippen LogP contribution >= 0.6 is 12.6 Å². The largest absolute Gasteiger partial charge is 0.507 e. The lowest BCUT2D eigenvalue weighted by Crippen LogP contribution is -2.30. The topological polar surface area (TPSA) is 102 Å². The molecule has 1 atom stereocenters. The molecular formula is C27H29NO6S. The van der Waals surface area contributed by atoms with E-state index in [1.807, 2.05) is 32.0 Å². The molecule has 0 heterocycles. The molecular weight excluding hydrogens is 466 g/mol. The summed E-state index contributed by atoms with van der Waals surface area (Å²) >= 11 is 3.92. The number of nitrogens with one attached hydrogen (secondary N) is 1. The Kier molecular flexibility index (Phi) is 8.40. The summed E-state index contributed by atoms with van der Waals surface area (Å²) in [5, 5.41) is 14.4. The van der Waals surface area contributed by atoms with E-state index >= 15 is 0 Å². The van der Waals surface area contributed by atoms with Gasteiger partial charge < -0.3 is 14.6 Å². The molecule has 0 aromatic heterocycles. The predicted octanol–water partition coefficient (Wildman–Crippen LogP) is 5.93. The second-order valence-electron chi connectivity index (χ2n) is 8.88. The third-order valence-corrected chi connectivity index (χ3v) is 6.09. The number of phenols is 1. The molecule has 0 spiro atoms. The second kappa shape index (κ2) is 11.3. The normalized spacial score (nSPS) is 12.1. The predicted molar refractivity (Wildman–Crippen MR) is 138 cm³/mol. The van der Waals surface area contributed by atoms with Crippen molar-refractivity contribution in [2.75, 3.05) is 17.7 Å². The molecule has 7 nitrogen and oxygen atoms in total. The number of ether oxygens (including phenoxy) is 2. The van der Waals surface area contributed by atoms with E-state index in [4.69, 9.17) is 9.47 Å². The molecule has 2 N–H and O–H groups in total. The Bertz CT molecular complexity index is 1220. The number of carbonyl (C=O) groups excluding carboxylic acids is 3. The molecule has 0 radical (unpaired) electrons. The van der Waals surface area contributed by atoms with Crippen molar-refractivity contribution in [2.45, 2.75) is 33.3 Å². The molecule has 8 heteroatoms. The van der Waals surface area contributed by atoms with Gasteiger partial charge in [0.2, 0.25) is 0 Å². The molecule has 0 saturated heterocycles. The quantitative estimate of drug-likeness (QED) is 0.193.